The molecule has 0 radical (unpaired) electrons. The maximum absolute atomic E-state index is 12.0. The highest BCUT2D eigenvalue weighted by Gasteiger charge is 2.15. The largest absolute Gasteiger partial charge is 0.317 e. The van der Waals surface area contributed by atoms with E-state index in [4.69, 9.17) is 0 Å². The van der Waals surface area contributed by atoms with Gasteiger partial charge in [-0.2, -0.15) is 5.10 Å². The molecule has 0 aliphatic rings. The minimum Gasteiger partial charge on any atom is -0.317 e. The van der Waals surface area contributed by atoms with Crippen LogP contribution in [0.5, 0.6) is 0 Å². The highest BCUT2D eigenvalue weighted by molar-refractivity contribution is 9.10. The third-order valence-corrected chi connectivity index (χ3v) is 4.89. The summed E-state index contributed by atoms with van der Waals surface area (Å²) in [4.78, 5) is 16.0. The van der Waals surface area contributed by atoms with Gasteiger partial charge in [0.15, 0.2) is 0 Å². The summed E-state index contributed by atoms with van der Waals surface area (Å²) in [5, 5.41) is 4.08. The topological polar surface area (TPSA) is 59.3 Å². The number of hydrogen-bond acceptors (Lipinski definition) is 3. The normalized spacial score (nSPS) is 11.0. The lowest BCUT2D eigenvalue weighted by Crippen LogP contribution is -2.18. The van der Waals surface area contributed by atoms with Gasteiger partial charge in [0.05, 0.1) is 6.21 Å². The van der Waals surface area contributed by atoms with Gasteiger partial charge >= 0.3 is 0 Å². The Morgan fingerprint density at radius 2 is 1.84 bits per heavy atom. The molecule has 3 aromatic rings. The second kappa shape index (κ2) is 7.44. The minimum absolute atomic E-state index is 0.327. The van der Waals surface area contributed by atoms with Crippen molar-refractivity contribution in [3.05, 3.63) is 81.8 Å². The number of nitrogens with one attached hydrogen (secondary N) is 1. The van der Waals surface area contributed by atoms with E-state index in [1.165, 1.54) is 0 Å². The number of carbonyl (C=O) groups excluding carboxylic acids is 1. The molecule has 0 spiro atoms. The molecule has 5 nitrogen and oxygen atoms in total. The number of benzene rings is 1. The average molecular weight is 397 g/mol. The van der Waals surface area contributed by atoms with Gasteiger partial charge < -0.3 is 4.57 Å². The Balaban J connectivity index is 1.85. The van der Waals surface area contributed by atoms with Crippen molar-refractivity contribution < 1.29 is 4.79 Å². The van der Waals surface area contributed by atoms with E-state index in [2.05, 4.69) is 48.1 Å². The first kappa shape index (κ1) is 17.1. The van der Waals surface area contributed by atoms with Crippen molar-refractivity contribution in [2.75, 3.05) is 0 Å². The van der Waals surface area contributed by atoms with Crippen molar-refractivity contribution in [1.82, 2.24) is 15.0 Å². The summed E-state index contributed by atoms with van der Waals surface area (Å²) in [5.74, 6) is -0.343. The van der Waals surface area contributed by atoms with Crippen LogP contribution in [0.3, 0.4) is 0 Å². The second-order valence-corrected chi connectivity index (χ2v) is 6.28. The Kier molecular flexibility index (Phi) is 5.09. The molecule has 25 heavy (non-hydrogen) atoms. The summed E-state index contributed by atoms with van der Waals surface area (Å²) in [6.45, 7) is 4.06. The molecule has 2 aromatic heterocycles. The molecule has 1 amide bonds. The molecule has 0 unspecified atom stereocenters. The number of aromatic nitrogens is 2. The molecule has 0 atom stereocenters. The van der Waals surface area contributed by atoms with Gasteiger partial charge in [-0.05, 0) is 54.0 Å². The van der Waals surface area contributed by atoms with Gasteiger partial charge in [-0.25, -0.2) is 5.43 Å². The Morgan fingerprint density at radius 3 is 2.52 bits per heavy atom. The number of halogens is 1. The van der Waals surface area contributed by atoms with Crippen molar-refractivity contribution in [3.8, 4) is 5.69 Å². The molecule has 3 rings (SSSR count). The van der Waals surface area contributed by atoms with Crippen molar-refractivity contribution >= 4 is 28.1 Å². The van der Waals surface area contributed by atoms with Crippen LogP contribution in [0.2, 0.25) is 0 Å². The fourth-order valence-corrected chi connectivity index (χ4v) is 3.21. The second-order valence-electron chi connectivity index (χ2n) is 5.48. The molecule has 6 heteroatoms. The van der Waals surface area contributed by atoms with Crippen LogP contribution < -0.4 is 5.43 Å². The highest BCUT2D eigenvalue weighted by Crippen LogP contribution is 2.29. The van der Waals surface area contributed by atoms with E-state index in [1.807, 2.05) is 32.0 Å². The molecule has 1 aromatic carbocycles. The van der Waals surface area contributed by atoms with Crippen LogP contribution in [0.25, 0.3) is 5.69 Å². The van der Waals surface area contributed by atoms with E-state index in [9.17, 15) is 4.79 Å². The smallest absolute Gasteiger partial charge is 0.289 e. The van der Waals surface area contributed by atoms with Crippen LogP contribution in [-0.4, -0.2) is 21.7 Å². The average Bonchev–Trinajstić information content (AvgIpc) is 2.86. The van der Waals surface area contributed by atoms with E-state index in [1.54, 1.807) is 30.6 Å². The molecule has 0 saturated heterocycles. The van der Waals surface area contributed by atoms with E-state index in [-0.39, 0.29) is 5.91 Å². The van der Waals surface area contributed by atoms with E-state index < -0.39 is 0 Å². The van der Waals surface area contributed by atoms with Crippen molar-refractivity contribution in [2.45, 2.75) is 13.8 Å². The summed E-state index contributed by atoms with van der Waals surface area (Å²) in [5.41, 5.74) is 6.94. The lowest BCUT2D eigenvalue weighted by Gasteiger charge is -2.08. The number of carbonyl (C=O) groups is 1. The standard InChI is InChI=1S/C19H17BrN4O/c1-13-16(12-22-23-19(25)17-10-6-7-11-21-17)18(20)14(2)24(13)15-8-4-3-5-9-15/h3-12H,1-2H3,(H,23,25)/b22-12-. The Morgan fingerprint density at radius 1 is 1.12 bits per heavy atom. The highest BCUT2D eigenvalue weighted by atomic mass is 79.9. The summed E-state index contributed by atoms with van der Waals surface area (Å²) < 4.78 is 3.09. The van der Waals surface area contributed by atoms with Gasteiger partial charge in [0.25, 0.3) is 5.91 Å². The third-order valence-electron chi connectivity index (χ3n) is 3.89. The predicted molar refractivity (Wildman–Crippen MR) is 102 cm³/mol. The van der Waals surface area contributed by atoms with Crippen LogP contribution in [-0.2, 0) is 0 Å². The monoisotopic (exact) mass is 396 g/mol. The predicted octanol–water partition coefficient (Wildman–Crippen LogP) is 4.02. The molecule has 126 valence electrons. The molecule has 0 bridgehead atoms. The first-order valence-corrected chi connectivity index (χ1v) is 8.56. The summed E-state index contributed by atoms with van der Waals surface area (Å²) in [6.07, 6.45) is 3.22. The van der Waals surface area contributed by atoms with Crippen LogP contribution in [0.15, 0.2) is 64.3 Å². The van der Waals surface area contributed by atoms with Gasteiger partial charge in [0, 0.05) is 33.3 Å². The number of amides is 1. The maximum atomic E-state index is 12.0. The number of hydrazone groups is 1. The van der Waals surface area contributed by atoms with Crippen LogP contribution in [0, 0.1) is 13.8 Å². The van der Waals surface area contributed by atoms with Gasteiger partial charge in [0.1, 0.15) is 5.69 Å². The molecular formula is C19H17BrN4O. The third kappa shape index (κ3) is 3.53. The van der Waals surface area contributed by atoms with Crippen molar-refractivity contribution in [2.24, 2.45) is 5.10 Å². The zero-order valence-electron chi connectivity index (χ0n) is 13.9. The Bertz CT molecular complexity index is 918. The molecule has 2 heterocycles. The zero-order valence-corrected chi connectivity index (χ0v) is 15.5. The molecule has 0 aliphatic heterocycles. The number of hydrogen-bond donors (Lipinski definition) is 1. The Hall–Kier alpha value is -2.73. The Labute approximate surface area is 154 Å². The minimum atomic E-state index is -0.343. The van der Waals surface area contributed by atoms with Crippen LogP contribution >= 0.6 is 15.9 Å². The number of para-hydroxylation sites is 1. The fraction of sp³-hybridized carbons (Fsp3) is 0.105. The van der Waals surface area contributed by atoms with Gasteiger partial charge in [-0.1, -0.05) is 24.3 Å². The molecule has 0 saturated carbocycles. The fourth-order valence-electron chi connectivity index (χ4n) is 2.65. The van der Waals surface area contributed by atoms with Gasteiger partial charge in [-0.15, -0.1) is 0 Å². The van der Waals surface area contributed by atoms with Crippen molar-refractivity contribution in [3.63, 3.8) is 0 Å². The first-order valence-electron chi connectivity index (χ1n) is 7.77. The summed E-state index contributed by atoms with van der Waals surface area (Å²) in [7, 11) is 0. The van der Waals surface area contributed by atoms with Crippen LogP contribution in [0.4, 0.5) is 0 Å². The lowest BCUT2D eigenvalue weighted by atomic mass is 10.2. The van der Waals surface area contributed by atoms with Crippen LogP contribution in [0.1, 0.15) is 27.4 Å². The van der Waals surface area contributed by atoms with Gasteiger partial charge in [0.2, 0.25) is 0 Å². The SMILES string of the molecule is Cc1c(Br)c(/C=N\NC(=O)c2ccccn2)c(C)n1-c1ccccc1. The molecule has 0 aliphatic carbocycles. The quantitative estimate of drug-likeness (QED) is 0.534. The molecular weight excluding hydrogens is 380 g/mol. The van der Waals surface area contributed by atoms with E-state index >= 15 is 0 Å². The molecule has 0 fully saturated rings. The zero-order chi connectivity index (χ0) is 17.8. The van der Waals surface area contributed by atoms with Crippen molar-refractivity contribution in [1.29, 1.82) is 0 Å². The number of pyridine rings is 1. The van der Waals surface area contributed by atoms with Gasteiger partial charge in [-0.3, -0.25) is 9.78 Å². The summed E-state index contributed by atoms with van der Waals surface area (Å²) >= 11 is 3.62. The maximum Gasteiger partial charge on any atom is 0.289 e. The lowest BCUT2D eigenvalue weighted by molar-refractivity contribution is 0.0950. The summed E-state index contributed by atoms with van der Waals surface area (Å²) in [6, 6.07) is 15.3. The first-order chi connectivity index (χ1) is 12.1. The van der Waals surface area contributed by atoms with E-state index in [0.29, 0.717) is 5.69 Å². The number of rotatable bonds is 4. The molecule has 1 N–H and O–H groups in total. The van der Waals surface area contributed by atoms with E-state index in [0.717, 1.165) is 27.1 Å². The number of nitrogens with zero attached hydrogens (tertiary/aromatic N) is 3.